The van der Waals surface area contributed by atoms with Gasteiger partial charge in [0.25, 0.3) is 0 Å². The van der Waals surface area contributed by atoms with Gasteiger partial charge in [-0.3, -0.25) is 0 Å². The number of nitrogens with one attached hydrogen (secondary N) is 1. The van der Waals surface area contributed by atoms with Crippen molar-refractivity contribution in [1.29, 1.82) is 0 Å². The van der Waals surface area contributed by atoms with Crippen LogP contribution in [-0.2, 0) is 4.79 Å². The van der Waals surface area contributed by atoms with Crippen LogP contribution in [0.3, 0.4) is 0 Å². The number of thiocarbonyl (C=S) groups is 1. The van der Waals surface area contributed by atoms with Gasteiger partial charge in [-0.1, -0.05) is 51.9 Å². The first-order valence-corrected chi connectivity index (χ1v) is 13.5. The quantitative estimate of drug-likeness (QED) is 0.301. The molecule has 3 nitrogen and oxygen atoms in total. The molecule has 0 aliphatic rings. The predicted molar refractivity (Wildman–Crippen MR) is 154 cm³/mol. The van der Waals surface area contributed by atoms with E-state index in [2.05, 4.69) is 26.1 Å². The Morgan fingerprint density at radius 3 is 2.11 bits per heavy atom. The molecular formula is C30H45F3N2OS. The first-order valence-electron chi connectivity index (χ1n) is 13.1. The summed E-state index contributed by atoms with van der Waals surface area (Å²) in [6.45, 7) is 14.2. The number of hydrogen-bond donors (Lipinski definition) is 2. The summed E-state index contributed by atoms with van der Waals surface area (Å²) in [6, 6.07) is 8.51. The van der Waals surface area contributed by atoms with Gasteiger partial charge in [0, 0.05) is 11.6 Å². The van der Waals surface area contributed by atoms with Gasteiger partial charge in [0.05, 0.1) is 0 Å². The van der Waals surface area contributed by atoms with Gasteiger partial charge in [0.15, 0.2) is 0 Å². The molecular weight excluding hydrogens is 493 g/mol. The lowest BCUT2D eigenvalue weighted by Crippen LogP contribution is -2.31. The largest absolute Gasteiger partial charge is 0.373 e. The molecule has 0 aliphatic heterocycles. The number of benzene rings is 2. The average molecular weight is 539 g/mol. The Bertz CT molecular complexity index is 964. The average Bonchev–Trinajstić information content (AvgIpc) is 2.84. The molecule has 0 bridgehead atoms. The van der Waals surface area contributed by atoms with Crippen molar-refractivity contribution in [3.05, 3.63) is 70.5 Å². The van der Waals surface area contributed by atoms with Gasteiger partial charge in [0.1, 0.15) is 28.2 Å². The minimum Gasteiger partial charge on any atom is -0.373 e. The Morgan fingerprint density at radius 2 is 1.57 bits per heavy atom. The second-order valence-corrected chi connectivity index (χ2v) is 9.99. The van der Waals surface area contributed by atoms with Crippen molar-refractivity contribution in [2.45, 2.75) is 92.5 Å². The van der Waals surface area contributed by atoms with Crippen LogP contribution in [0.4, 0.5) is 13.2 Å². The number of hydrogen-bond acceptors (Lipinski definition) is 3. The molecule has 0 amide bonds. The molecule has 0 radical (unpaired) electrons. The summed E-state index contributed by atoms with van der Waals surface area (Å²) >= 11 is 4.99. The van der Waals surface area contributed by atoms with Crippen molar-refractivity contribution in [2.75, 3.05) is 6.54 Å². The SMILES string of the molecule is CC(C)=O.CCC(C)NC(=S)c1cc(F)ccc1F.CCCCC(CCN)C(C)c1cc(F)ccc1C. The molecule has 0 heterocycles. The fourth-order valence-electron chi connectivity index (χ4n) is 3.76. The Labute approximate surface area is 227 Å². The van der Waals surface area contributed by atoms with Crippen LogP contribution in [-0.4, -0.2) is 23.4 Å². The number of carbonyl (C=O) groups is 1. The van der Waals surface area contributed by atoms with Gasteiger partial charge in [0.2, 0.25) is 0 Å². The summed E-state index contributed by atoms with van der Waals surface area (Å²) in [5.41, 5.74) is 8.15. The zero-order chi connectivity index (χ0) is 28.5. The van der Waals surface area contributed by atoms with Crippen molar-refractivity contribution in [1.82, 2.24) is 5.32 Å². The maximum Gasteiger partial charge on any atom is 0.133 e. The Hall–Kier alpha value is -2.25. The van der Waals surface area contributed by atoms with Gasteiger partial charge in [-0.25, -0.2) is 13.2 Å². The molecule has 37 heavy (non-hydrogen) atoms. The molecule has 7 heteroatoms. The van der Waals surface area contributed by atoms with E-state index in [1.165, 1.54) is 44.7 Å². The molecule has 0 aliphatic carbocycles. The van der Waals surface area contributed by atoms with Crippen LogP contribution in [0, 0.1) is 30.3 Å². The van der Waals surface area contributed by atoms with Gasteiger partial charge >= 0.3 is 0 Å². The van der Waals surface area contributed by atoms with Crippen molar-refractivity contribution in [3.8, 4) is 0 Å². The van der Waals surface area contributed by atoms with E-state index >= 15 is 0 Å². The van der Waals surface area contributed by atoms with Gasteiger partial charge < -0.3 is 15.8 Å². The molecule has 0 saturated heterocycles. The fourth-order valence-corrected chi connectivity index (χ4v) is 4.11. The lowest BCUT2D eigenvalue weighted by atomic mass is 9.80. The molecule has 2 rings (SSSR count). The number of halogens is 3. The molecule has 0 saturated carbocycles. The van der Waals surface area contributed by atoms with Crippen LogP contribution in [0.5, 0.6) is 0 Å². The monoisotopic (exact) mass is 538 g/mol. The van der Waals surface area contributed by atoms with Crippen LogP contribution >= 0.6 is 12.2 Å². The predicted octanol–water partition coefficient (Wildman–Crippen LogP) is 8.02. The second kappa shape index (κ2) is 18.9. The van der Waals surface area contributed by atoms with Crippen LogP contribution in [0.25, 0.3) is 0 Å². The Kier molecular flexibility index (Phi) is 17.8. The van der Waals surface area contributed by atoms with Crippen molar-refractivity contribution in [3.63, 3.8) is 0 Å². The van der Waals surface area contributed by atoms with Crippen LogP contribution < -0.4 is 11.1 Å². The molecule has 208 valence electrons. The highest BCUT2D eigenvalue weighted by atomic mass is 32.1. The van der Waals surface area contributed by atoms with Gasteiger partial charge in [-0.15, -0.1) is 0 Å². The summed E-state index contributed by atoms with van der Waals surface area (Å²) in [6.07, 6.45) is 5.51. The topological polar surface area (TPSA) is 55.1 Å². The summed E-state index contributed by atoms with van der Waals surface area (Å²) in [7, 11) is 0. The highest BCUT2D eigenvalue weighted by molar-refractivity contribution is 7.80. The van der Waals surface area contributed by atoms with E-state index in [-0.39, 0.29) is 28.2 Å². The molecule has 3 unspecified atom stereocenters. The first kappa shape index (κ1) is 34.8. The molecule has 0 fully saturated rings. The second-order valence-electron chi connectivity index (χ2n) is 9.58. The fraction of sp³-hybridized carbons (Fsp3) is 0.533. The van der Waals surface area contributed by atoms with Crippen molar-refractivity contribution >= 4 is 23.0 Å². The maximum atomic E-state index is 13.4. The third-order valence-corrected chi connectivity index (χ3v) is 6.41. The van der Waals surface area contributed by atoms with Crippen molar-refractivity contribution < 1.29 is 18.0 Å². The van der Waals surface area contributed by atoms with Gasteiger partial charge in [-0.05, 0) is 107 Å². The molecule has 2 aromatic carbocycles. The van der Waals surface area contributed by atoms with E-state index in [4.69, 9.17) is 18.0 Å². The number of carbonyl (C=O) groups excluding carboxylic acids is 1. The smallest absolute Gasteiger partial charge is 0.133 e. The van der Waals surface area contributed by atoms with Gasteiger partial charge in [-0.2, -0.15) is 0 Å². The number of ketones is 1. The zero-order valence-corrected chi connectivity index (χ0v) is 24.3. The van der Waals surface area contributed by atoms with Crippen LogP contribution in [0.2, 0.25) is 0 Å². The minimum absolute atomic E-state index is 0.116. The van der Waals surface area contributed by atoms with E-state index in [0.29, 0.717) is 18.4 Å². The number of aryl methyl sites for hydroxylation is 1. The normalized spacial score (nSPS) is 12.7. The van der Waals surface area contributed by atoms with Crippen LogP contribution in [0.1, 0.15) is 96.3 Å². The lowest BCUT2D eigenvalue weighted by molar-refractivity contribution is -0.115. The number of rotatable bonds is 10. The van der Waals surface area contributed by atoms with E-state index in [0.717, 1.165) is 36.6 Å². The Balaban J connectivity index is 0.000000619. The molecule has 0 spiro atoms. The molecule has 3 N–H and O–H groups in total. The molecule has 2 aromatic rings. The minimum atomic E-state index is -0.503. The zero-order valence-electron chi connectivity index (χ0n) is 23.5. The molecule has 0 aromatic heterocycles. The third-order valence-electron chi connectivity index (χ3n) is 6.07. The van der Waals surface area contributed by atoms with E-state index in [1.54, 1.807) is 6.07 Å². The Morgan fingerprint density at radius 1 is 1.00 bits per heavy atom. The number of nitrogens with two attached hydrogens (primary N) is 1. The highest BCUT2D eigenvalue weighted by Gasteiger charge is 2.20. The maximum absolute atomic E-state index is 13.4. The highest BCUT2D eigenvalue weighted by Crippen LogP contribution is 2.32. The summed E-state index contributed by atoms with van der Waals surface area (Å²) in [5.74, 6) is -0.00686. The first-order chi connectivity index (χ1) is 17.4. The summed E-state index contributed by atoms with van der Waals surface area (Å²) < 4.78 is 39.5. The summed E-state index contributed by atoms with van der Waals surface area (Å²) in [4.78, 5) is 9.70. The lowest BCUT2D eigenvalue weighted by Gasteiger charge is -2.25. The van der Waals surface area contributed by atoms with Crippen LogP contribution in [0.15, 0.2) is 36.4 Å². The summed E-state index contributed by atoms with van der Waals surface area (Å²) in [5, 5.41) is 2.94. The number of unbranched alkanes of at least 4 members (excludes halogenated alkanes) is 1. The standard InChI is InChI=1S/C16H26FN.C11H13F2NS.C3H6O/c1-4-5-6-14(9-10-18)13(3)16-11-15(17)8-7-12(16)2;1-3-7(2)14-11(15)9-6-8(12)4-5-10(9)13;1-3(2)4/h7-8,11,13-14H,4-6,9-10,18H2,1-3H3;4-7H,3H2,1-2H3,(H,14,15);1-2H3. The van der Waals surface area contributed by atoms with E-state index in [9.17, 15) is 18.0 Å². The van der Waals surface area contributed by atoms with Crippen molar-refractivity contribution in [2.24, 2.45) is 11.7 Å². The van der Waals surface area contributed by atoms with E-state index < -0.39 is 11.6 Å². The molecule has 3 atom stereocenters. The third kappa shape index (κ3) is 14.3. The number of Topliss-reactive ketones (excluding diaryl/α,β-unsaturated/α-hetero) is 1. The van der Waals surface area contributed by atoms with E-state index in [1.807, 2.05) is 19.9 Å².